The SMILES string of the molecule is CC(C)c1ccc(C(O)COC2CCOCC2)cc1. The molecule has 106 valence electrons. The van der Waals surface area contributed by atoms with E-state index in [-0.39, 0.29) is 6.10 Å². The molecule has 3 heteroatoms. The summed E-state index contributed by atoms with van der Waals surface area (Å²) in [4.78, 5) is 0. The van der Waals surface area contributed by atoms with Crippen molar-refractivity contribution in [3.63, 3.8) is 0 Å². The molecule has 3 nitrogen and oxygen atoms in total. The topological polar surface area (TPSA) is 38.7 Å². The molecule has 0 aromatic heterocycles. The Labute approximate surface area is 115 Å². The van der Waals surface area contributed by atoms with E-state index >= 15 is 0 Å². The second-order valence-corrected chi connectivity index (χ2v) is 5.48. The third-order valence-corrected chi connectivity index (χ3v) is 3.65. The average Bonchev–Trinajstić information content (AvgIpc) is 2.46. The van der Waals surface area contributed by atoms with Gasteiger partial charge < -0.3 is 14.6 Å². The van der Waals surface area contributed by atoms with Crippen molar-refractivity contribution in [1.29, 1.82) is 0 Å². The van der Waals surface area contributed by atoms with Gasteiger partial charge in [0.1, 0.15) is 6.10 Å². The molecule has 0 radical (unpaired) electrons. The van der Waals surface area contributed by atoms with E-state index in [1.165, 1.54) is 5.56 Å². The lowest BCUT2D eigenvalue weighted by atomic mass is 10.0. The van der Waals surface area contributed by atoms with Crippen molar-refractivity contribution in [3.8, 4) is 0 Å². The molecule has 0 saturated carbocycles. The van der Waals surface area contributed by atoms with Gasteiger partial charge in [0.2, 0.25) is 0 Å². The monoisotopic (exact) mass is 264 g/mol. The minimum absolute atomic E-state index is 0.235. The Balaban J connectivity index is 1.83. The highest BCUT2D eigenvalue weighted by Crippen LogP contribution is 2.20. The molecule has 19 heavy (non-hydrogen) atoms. The van der Waals surface area contributed by atoms with E-state index in [0.717, 1.165) is 31.6 Å². The van der Waals surface area contributed by atoms with Crippen LogP contribution in [-0.4, -0.2) is 31.0 Å². The lowest BCUT2D eigenvalue weighted by Gasteiger charge is -2.23. The van der Waals surface area contributed by atoms with Gasteiger partial charge in [-0.05, 0) is 29.9 Å². The highest BCUT2D eigenvalue weighted by Gasteiger charge is 2.16. The predicted octanol–water partition coefficient (Wildman–Crippen LogP) is 3.04. The summed E-state index contributed by atoms with van der Waals surface area (Å²) in [5.74, 6) is 0.518. The van der Waals surface area contributed by atoms with Gasteiger partial charge in [-0.1, -0.05) is 38.1 Å². The van der Waals surface area contributed by atoms with Crippen LogP contribution in [0.3, 0.4) is 0 Å². The smallest absolute Gasteiger partial charge is 0.102 e. The summed E-state index contributed by atoms with van der Waals surface area (Å²) in [7, 11) is 0. The second-order valence-electron chi connectivity index (χ2n) is 5.48. The van der Waals surface area contributed by atoms with Crippen molar-refractivity contribution in [1.82, 2.24) is 0 Å². The third-order valence-electron chi connectivity index (χ3n) is 3.65. The van der Waals surface area contributed by atoms with Gasteiger partial charge in [0.05, 0.1) is 12.7 Å². The standard InChI is InChI=1S/C16H24O3/c1-12(2)13-3-5-14(6-4-13)16(17)11-19-15-7-9-18-10-8-15/h3-6,12,15-17H,7-11H2,1-2H3. The van der Waals surface area contributed by atoms with Gasteiger partial charge in [-0.25, -0.2) is 0 Å². The molecule has 1 aromatic carbocycles. The zero-order valence-corrected chi connectivity index (χ0v) is 11.8. The number of ether oxygens (including phenoxy) is 2. The molecule has 1 aliphatic rings. The summed E-state index contributed by atoms with van der Waals surface area (Å²) in [5.41, 5.74) is 2.22. The zero-order chi connectivity index (χ0) is 13.7. The molecule has 1 atom stereocenters. The van der Waals surface area contributed by atoms with E-state index in [4.69, 9.17) is 9.47 Å². The number of aliphatic hydroxyl groups excluding tert-OH is 1. The minimum Gasteiger partial charge on any atom is -0.386 e. The Bertz CT molecular complexity index is 366. The molecule has 1 aliphatic heterocycles. The maximum Gasteiger partial charge on any atom is 0.102 e. The van der Waals surface area contributed by atoms with Crippen LogP contribution < -0.4 is 0 Å². The van der Waals surface area contributed by atoms with E-state index < -0.39 is 6.10 Å². The first-order valence-electron chi connectivity index (χ1n) is 7.14. The van der Waals surface area contributed by atoms with Crippen molar-refractivity contribution < 1.29 is 14.6 Å². The van der Waals surface area contributed by atoms with Crippen LogP contribution in [0.25, 0.3) is 0 Å². The first kappa shape index (κ1) is 14.5. The van der Waals surface area contributed by atoms with Gasteiger partial charge in [0.15, 0.2) is 0 Å². The molecule has 1 saturated heterocycles. The quantitative estimate of drug-likeness (QED) is 0.888. The van der Waals surface area contributed by atoms with Crippen molar-refractivity contribution in [3.05, 3.63) is 35.4 Å². The van der Waals surface area contributed by atoms with Crippen molar-refractivity contribution in [2.75, 3.05) is 19.8 Å². The summed E-state index contributed by atoms with van der Waals surface area (Å²) >= 11 is 0. The molecule has 1 heterocycles. The van der Waals surface area contributed by atoms with Crippen molar-refractivity contribution in [2.24, 2.45) is 0 Å². The molecule has 1 unspecified atom stereocenters. The van der Waals surface area contributed by atoms with Gasteiger partial charge in [-0.3, -0.25) is 0 Å². The first-order valence-corrected chi connectivity index (χ1v) is 7.14. The lowest BCUT2D eigenvalue weighted by Crippen LogP contribution is -2.25. The highest BCUT2D eigenvalue weighted by molar-refractivity contribution is 5.26. The number of hydrogen-bond donors (Lipinski definition) is 1. The fourth-order valence-corrected chi connectivity index (χ4v) is 2.27. The molecule has 1 fully saturated rings. The number of rotatable bonds is 5. The van der Waals surface area contributed by atoms with Crippen LogP contribution in [0.5, 0.6) is 0 Å². The van der Waals surface area contributed by atoms with Gasteiger partial charge in [0, 0.05) is 13.2 Å². The van der Waals surface area contributed by atoms with E-state index in [1.54, 1.807) is 0 Å². The third kappa shape index (κ3) is 4.30. The van der Waals surface area contributed by atoms with Gasteiger partial charge in [0.25, 0.3) is 0 Å². The van der Waals surface area contributed by atoms with Crippen molar-refractivity contribution >= 4 is 0 Å². The Hall–Kier alpha value is -0.900. The van der Waals surface area contributed by atoms with Crippen LogP contribution in [0.2, 0.25) is 0 Å². The molecular weight excluding hydrogens is 240 g/mol. The maximum atomic E-state index is 10.1. The summed E-state index contributed by atoms with van der Waals surface area (Å²) in [6.07, 6.45) is 1.56. The minimum atomic E-state index is -0.538. The Morgan fingerprint density at radius 2 is 1.74 bits per heavy atom. The van der Waals surface area contributed by atoms with E-state index in [1.807, 2.05) is 12.1 Å². The lowest BCUT2D eigenvalue weighted by molar-refractivity contribution is -0.0598. The van der Waals surface area contributed by atoms with Crippen LogP contribution in [0.15, 0.2) is 24.3 Å². The molecule has 0 aliphatic carbocycles. The van der Waals surface area contributed by atoms with Crippen LogP contribution in [0.1, 0.15) is 49.8 Å². The number of hydrogen-bond acceptors (Lipinski definition) is 3. The molecule has 2 rings (SSSR count). The van der Waals surface area contributed by atoms with E-state index in [2.05, 4.69) is 26.0 Å². The van der Waals surface area contributed by atoms with Gasteiger partial charge >= 0.3 is 0 Å². The molecular formula is C16H24O3. The maximum absolute atomic E-state index is 10.1. The fraction of sp³-hybridized carbons (Fsp3) is 0.625. The summed E-state index contributed by atoms with van der Waals surface area (Å²) < 4.78 is 11.0. The summed E-state index contributed by atoms with van der Waals surface area (Å²) in [6, 6.07) is 8.15. The summed E-state index contributed by atoms with van der Waals surface area (Å²) in [5, 5.41) is 10.1. The van der Waals surface area contributed by atoms with Crippen LogP contribution >= 0.6 is 0 Å². The Morgan fingerprint density at radius 3 is 2.32 bits per heavy atom. The van der Waals surface area contributed by atoms with Crippen LogP contribution in [0.4, 0.5) is 0 Å². The van der Waals surface area contributed by atoms with Crippen molar-refractivity contribution in [2.45, 2.75) is 44.8 Å². The van der Waals surface area contributed by atoms with Crippen LogP contribution in [-0.2, 0) is 9.47 Å². The Morgan fingerprint density at radius 1 is 1.16 bits per heavy atom. The molecule has 0 bridgehead atoms. The van der Waals surface area contributed by atoms with Crippen LogP contribution in [0, 0.1) is 0 Å². The zero-order valence-electron chi connectivity index (χ0n) is 11.8. The van der Waals surface area contributed by atoms with Gasteiger partial charge in [-0.2, -0.15) is 0 Å². The molecule has 0 amide bonds. The highest BCUT2D eigenvalue weighted by atomic mass is 16.5. The molecule has 1 aromatic rings. The second kappa shape index (κ2) is 7.04. The number of benzene rings is 1. The van der Waals surface area contributed by atoms with E-state index in [0.29, 0.717) is 12.5 Å². The predicted molar refractivity (Wildman–Crippen MR) is 75.3 cm³/mol. The first-order chi connectivity index (χ1) is 9.16. The Kier molecular flexibility index (Phi) is 5.37. The fourth-order valence-electron chi connectivity index (χ4n) is 2.27. The average molecular weight is 264 g/mol. The number of aliphatic hydroxyl groups is 1. The van der Waals surface area contributed by atoms with E-state index in [9.17, 15) is 5.11 Å². The van der Waals surface area contributed by atoms with Gasteiger partial charge in [-0.15, -0.1) is 0 Å². The molecule has 0 spiro atoms. The molecule has 1 N–H and O–H groups in total. The summed E-state index contributed by atoms with van der Waals surface area (Å²) in [6.45, 7) is 6.23. The normalized spacial score (nSPS) is 18.7. The largest absolute Gasteiger partial charge is 0.386 e.